The molecular formula is C21H25N3O3S. The van der Waals surface area contributed by atoms with Crippen LogP contribution in [0.4, 0.5) is 5.69 Å². The molecule has 1 amide bonds. The topological polar surface area (TPSA) is 60.9 Å². The van der Waals surface area contributed by atoms with Gasteiger partial charge in [0.05, 0.1) is 4.90 Å². The normalized spacial score (nSPS) is 20.9. The largest absolute Gasteiger partial charge is 0.305 e. The zero-order valence-corrected chi connectivity index (χ0v) is 17.0. The van der Waals surface area contributed by atoms with Gasteiger partial charge in [-0.1, -0.05) is 18.2 Å². The van der Waals surface area contributed by atoms with Crippen molar-refractivity contribution in [2.75, 3.05) is 38.1 Å². The third-order valence-corrected chi connectivity index (χ3v) is 7.50. The van der Waals surface area contributed by atoms with Crippen LogP contribution in [0.2, 0.25) is 0 Å². The van der Waals surface area contributed by atoms with Crippen LogP contribution in [0.3, 0.4) is 0 Å². The van der Waals surface area contributed by atoms with Crippen molar-refractivity contribution in [2.45, 2.75) is 24.3 Å². The zero-order chi connectivity index (χ0) is 19.9. The number of fused-ring (bicyclic) bond motifs is 1. The number of hydrogen-bond donors (Lipinski definition) is 0. The Morgan fingerprint density at radius 1 is 1.00 bits per heavy atom. The molecule has 0 unspecified atom stereocenters. The molecule has 0 aliphatic carbocycles. The number of anilines is 1. The van der Waals surface area contributed by atoms with Crippen LogP contribution >= 0.6 is 0 Å². The molecule has 1 saturated heterocycles. The SMILES string of the molecule is C[C@H]1Cc2cc(S(=O)(=O)N3CCN(C)CC3)ccc2N1C(=O)c1ccccc1. The Balaban J connectivity index is 1.63. The number of benzene rings is 2. The third-order valence-electron chi connectivity index (χ3n) is 5.61. The van der Waals surface area contributed by atoms with E-state index in [9.17, 15) is 13.2 Å². The van der Waals surface area contributed by atoms with Gasteiger partial charge in [-0.15, -0.1) is 0 Å². The highest BCUT2D eigenvalue weighted by atomic mass is 32.2. The fourth-order valence-corrected chi connectivity index (χ4v) is 5.45. The minimum Gasteiger partial charge on any atom is -0.305 e. The van der Waals surface area contributed by atoms with Gasteiger partial charge in [-0.25, -0.2) is 8.42 Å². The molecule has 7 heteroatoms. The summed E-state index contributed by atoms with van der Waals surface area (Å²) in [4.78, 5) is 17.2. The molecule has 148 valence electrons. The summed E-state index contributed by atoms with van der Waals surface area (Å²) in [6.45, 7) is 4.48. The zero-order valence-electron chi connectivity index (χ0n) is 16.2. The Morgan fingerprint density at radius 3 is 2.36 bits per heavy atom. The summed E-state index contributed by atoms with van der Waals surface area (Å²) >= 11 is 0. The van der Waals surface area contributed by atoms with E-state index in [1.165, 1.54) is 0 Å². The molecule has 2 aliphatic heterocycles. The third kappa shape index (κ3) is 3.34. The van der Waals surface area contributed by atoms with Crippen LogP contribution in [0, 0.1) is 0 Å². The molecule has 2 heterocycles. The van der Waals surface area contributed by atoms with E-state index < -0.39 is 10.0 Å². The molecule has 1 atom stereocenters. The van der Waals surface area contributed by atoms with Crippen LogP contribution in [-0.4, -0.2) is 62.8 Å². The average Bonchev–Trinajstić information content (AvgIpc) is 3.03. The van der Waals surface area contributed by atoms with Gasteiger partial charge in [-0.2, -0.15) is 4.31 Å². The fourth-order valence-electron chi connectivity index (χ4n) is 3.97. The smallest absolute Gasteiger partial charge is 0.258 e. The van der Waals surface area contributed by atoms with Crippen LogP contribution < -0.4 is 4.90 Å². The monoisotopic (exact) mass is 399 g/mol. The lowest BCUT2D eigenvalue weighted by Gasteiger charge is -2.31. The predicted molar refractivity (Wildman–Crippen MR) is 109 cm³/mol. The summed E-state index contributed by atoms with van der Waals surface area (Å²) in [6, 6.07) is 14.3. The van der Waals surface area contributed by atoms with Crippen LogP contribution in [0.5, 0.6) is 0 Å². The molecule has 6 nitrogen and oxygen atoms in total. The molecule has 0 aromatic heterocycles. The van der Waals surface area contributed by atoms with Crippen molar-refractivity contribution in [1.82, 2.24) is 9.21 Å². The van der Waals surface area contributed by atoms with E-state index in [2.05, 4.69) is 4.90 Å². The molecule has 0 radical (unpaired) electrons. The summed E-state index contributed by atoms with van der Waals surface area (Å²) < 4.78 is 27.6. The summed E-state index contributed by atoms with van der Waals surface area (Å²) in [5, 5.41) is 0. The van der Waals surface area contributed by atoms with Crippen LogP contribution in [0.15, 0.2) is 53.4 Å². The molecule has 2 aromatic rings. The molecule has 2 aliphatic rings. The van der Waals surface area contributed by atoms with E-state index in [1.807, 2.05) is 32.2 Å². The molecule has 0 bridgehead atoms. The summed E-state index contributed by atoms with van der Waals surface area (Å²) in [5.41, 5.74) is 2.35. The average molecular weight is 400 g/mol. The Kier molecular flexibility index (Phi) is 4.99. The minimum atomic E-state index is -3.51. The van der Waals surface area contributed by atoms with Gasteiger partial charge in [0.15, 0.2) is 0 Å². The summed E-state index contributed by atoms with van der Waals surface area (Å²) in [7, 11) is -1.51. The maximum absolute atomic E-state index is 13.0. The number of hydrogen-bond acceptors (Lipinski definition) is 4. The number of carbonyl (C=O) groups excluding carboxylic acids is 1. The van der Waals surface area contributed by atoms with Gasteiger partial charge >= 0.3 is 0 Å². The molecule has 1 fully saturated rings. The van der Waals surface area contributed by atoms with Crippen LogP contribution in [-0.2, 0) is 16.4 Å². The van der Waals surface area contributed by atoms with E-state index >= 15 is 0 Å². The van der Waals surface area contributed by atoms with Gasteiger partial charge in [0, 0.05) is 43.5 Å². The lowest BCUT2D eigenvalue weighted by Crippen LogP contribution is -2.47. The first-order valence-electron chi connectivity index (χ1n) is 9.58. The van der Waals surface area contributed by atoms with Crippen molar-refractivity contribution in [3.05, 3.63) is 59.7 Å². The van der Waals surface area contributed by atoms with Gasteiger partial charge in [0.25, 0.3) is 5.91 Å². The second-order valence-electron chi connectivity index (χ2n) is 7.59. The Hall–Kier alpha value is -2.22. The number of piperazine rings is 1. The molecular weight excluding hydrogens is 374 g/mol. The van der Waals surface area contributed by atoms with Crippen molar-refractivity contribution in [2.24, 2.45) is 0 Å². The van der Waals surface area contributed by atoms with Gasteiger partial charge in [0.1, 0.15) is 0 Å². The number of sulfonamides is 1. The lowest BCUT2D eigenvalue weighted by molar-refractivity contribution is 0.0981. The first-order chi connectivity index (χ1) is 13.4. The second kappa shape index (κ2) is 7.31. The standard InChI is InChI=1S/C21H25N3O3S/c1-16-14-18-15-19(28(26,27)23-12-10-22(2)11-13-23)8-9-20(18)24(16)21(25)17-6-4-3-5-7-17/h3-9,15-16H,10-14H2,1-2H3/t16-/m0/s1. The number of likely N-dealkylation sites (N-methyl/N-ethyl adjacent to an activating group) is 1. The molecule has 0 N–H and O–H groups in total. The summed E-state index contributed by atoms with van der Waals surface area (Å²) in [6.07, 6.45) is 0.653. The van der Waals surface area contributed by atoms with Gasteiger partial charge in [0.2, 0.25) is 10.0 Å². The van der Waals surface area contributed by atoms with E-state index in [-0.39, 0.29) is 11.9 Å². The summed E-state index contributed by atoms with van der Waals surface area (Å²) in [5.74, 6) is -0.0541. The maximum Gasteiger partial charge on any atom is 0.258 e. The molecule has 4 rings (SSSR count). The second-order valence-corrected chi connectivity index (χ2v) is 9.53. The number of amides is 1. The number of carbonyl (C=O) groups is 1. The first-order valence-corrected chi connectivity index (χ1v) is 11.0. The fraction of sp³-hybridized carbons (Fsp3) is 0.381. The van der Waals surface area contributed by atoms with Gasteiger partial charge in [-0.05, 0) is 56.3 Å². The van der Waals surface area contributed by atoms with Crippen molar-refractivity contribution in [3.63, 3.8) is 0 Å². The Bertz CT molecular complexity index is 983. The highest BCUT2D eigenvalue weighted by Crippen LogP contribution is 2.35. The van der Waals surface area contributed by atoms with E-state index in [0.717, 1.165) is 24.3 Å². The van der Waals surface area contributed by atoms with Crippen molar-refractivity contribution in [3.8, 4) is 0 Å². The maximum atomic E-state index is 13.0. The van der Waals surface area contributed by atoms with Gasteiger partial charge in [-0.3, -0.25) is 4.79 Å². The van der Waals surface area contributed by atoms with Crippen molar-refractivity contribution in [1.29, 1.82) is 0 Å². The van der Waals surface area contributed by atoms with Crippen molar-refractivity contribution < 1.29 is 13.2 Å². The highest BCUT2D eigenvalue weighted by molar-refractivity contribution is 7.89. The van der Waals surface area contributed by atoms with Crippen molar-refractivity contribution >= 4 is 21.6 Å². The highest BCUT2D eigenvalue weighted by Gasteiger charge is 2.34. The van der Waals surface area contributed by atoms with E-state index in [0.29, 0.717) is 30.0 Å². The minimum absolute atomic E-state index is 0.00991. The van der Waals surface area contributed by atoms with E-state index in [1.54, 1.807) is 39.5 Å². The molecule has 28 heavy (non-hydrogen) atoms. The lowest BCUT2D eigenvalue weighted by atomic mass is 10.1. The Morgan fingerprint density at radius 2 is 1.68 bits per heavy atom. The first kappa shape index (κ1) is 19.1. The Labute approximate surface area is 166 Å². The van der Waals surface area contributed by atoms with Gasteiger partial charge < -0.3 is 9.80 Å². The number of nitrogens with zero attached hydrogens (tertiary/aromatic N) is 3. The molecule has 0 saturated carbocycles. The molecule has 0 spiro atoms. The predicted octanol–water partition coefficient (Wildman–Crippen LogP) is 2.21. The quantitative estimate of drug-likeness (QED) is 0.794. The van der Waals surface area contributed by atoms with Crippen LogP contribution in [0.25, 0.3) is 0 Å². The van der Waals surface area contributed by atoms with Crippen LogP contribution in [0.1, 0.15) is 22.8 Å². The number of rotatable bonds is 3. The van der Waals surface area contributed by atoms with E-state index in [4.69, 9.17) is 0 Å². The molecule has 2 aromatic carbocycles.